The fraction of sp³-hybridized carbons (Fsp3) is 0.222. The Bertz CT molecular complexity index is 1460. The Morgan fingerprint density at radius 3 is 2.48 bits per heavy atom. The van der Waals surface area contributed by atoms with Crippen molar-refractivity contribution in [3.63, 3.8) is 0 Å². The van der Waals surface area contributed by atoms with Gasteiger partial charge in [0, 0.05) is 42.0 Å². The van der Waals surface area contributed by atoms with Gasteiger partial charge in [-0.2, -0.15) is 5.10 Å². The molecule has 0 fully saturated rings. The van der Waals surface area contributed by atoms with Crippen molar-refractivity contribution in [1.29, 1.82) is 0 Å². The minimum absolute atomic E-state index is 0.120. The van der Waals surface area contributed by atoms with Crippen LogP contribution in [0.5, 0.6) is 5.75 Å². The molecule has 0 aliphatic carbocycles. The molecule has 3 aromatic carbocycles. The van der Waals surface area contributed by atoms with Crippen LogP contribution in [-0.2, 0) is 9.47 Å². The lowest BCUT2D eigenvalue weighted by molar-refractivity contribution is -0.274. The van der Waals surface area contributed by atoms with E-state index in [-0.39, 0.29) is 11.6 Å². The minimum Gasteiger partial charge on any atom is -0.406 e. The van der Waals surface area contributed by atoms with Gasteiger partial charge in [-0.05, 0) is 47.5 Å². The molecule has 4 N–H and O–H groups in total. The average Bonchev–Trinajstić information content (AvgIpc) is 3.38. The van der Waals surface area contributed by atoms with Crippen molar-refractivity contribution < 1.29 is 37.0 Å². The number of H-pyrrole nitrogens is 1. The fourth-order valence-corrected chi connectivity index (χ4v) is 3.80. The van der Waals surface area contributed by atoms with Crippen molar-refractivity contribution in [3.8, 4) is 16.9 Å². The van der Waals surface area contributed by atoms with Crippen LogP contribution in [0.4, 0.5) is 29.3 Å². The quantitative estimate of drug-likeness (QED) is 0.189. The summed E-state index contributed by atoms with van der Waals surface area (Å²) in [7, 11) is 1.58. The maximum absolute atomic E-state index is 12.8. The predicted molar refractivity (Wildman–Crippen MR) is 142 cm³/mol. The molecule has 0 atom stereocenters. The molecule has 0 radical (unpaired) electrons. The number of fused-ring (bicyclic) bond motifs is 1. The van der Waals surface area contributed by atoms with Crippen molar-refractivity contribution in [2.24, 2.45) is 0 Å². The molecule has 0 saturated heterocycles. The summed E-state index contributed by atoms with van der Waals surface area (Å²) in [6.07, 6.45) is -3.18. The summed E-state index contributed by atoms with van der Waals surface area (Å²) in [5.41, 5.74) is 3.20. The Morgan fingerprint density at radius 2 is 1.73 bits per heavy atom. The van der Waals surface area contributed by atoms with Crippen LogP contribution >= 0.6 is 0 Å². The SMILES string of the molecule is COCCOCCNC(=O)c1cc(-c2ccc(NC(=O)Nc3cccc(OC(F)(F)F)c3)cc2)c2cn[nH]c2c1. The first-order valence-electron chi connectivity index (χ1n) is 12.1. The highest BCUT2D eigenvalue weighted by molar-refractivity contribution is 6.04. The van der Waals surface area contributed by atoms with Crippen LogP contribution in [0.2, 0.25) is 0 Å². The highest BCUT2D eigenvalue weighted by Gasteiger charge is 2.31. The third-order valence-corrected chi connectivity index (χ3v) is 5.56. The van der Waals surface area contributed by atoms with Crippen molar-refractivity contribution >= 4 is 34.2 Å². The first-order valence-corrected chi connectivity index (χ1v) is 12.1. The Kier molecular flexibility index (Phi) is 9.19. The number of benzene rings is 3. The number of nitrogens with one attached hydrogen (secondary N) is 4. The van der Waals surface area contributed by atoms with Gasteiger partial charge in [-0.15, -0.1) is 13.2 Å². The number of aromatic nitrogens is 2. The van der Waals surface area contributed by atoms with Crippen LogP contribution in [0.15, 0.2) is 66.9 Å². The van der Waals surface area contributed by atoms with Crippen LogP contribution in [0, 0.1) is 0 Å². The average molecular weight is 558 g/mol. The van der Waals surface area contributed by atoms with Crippen molar-refractivity contribution in [1.82, 2.24) is 15.5 Å². The zero-order valence-electron chi connectivity index (χ0n) is 21.3. The summed E-state index contributed by atoms with van der Waals surface area (Å²) in [5.74, 6) is -0.723. The van der Waals surface area contributed by atoms with Gasteiger partial charge in [-0.3, -0.25) is 9.89 Å². The van der Waals surface area contributed by atoms with E-state index >= 15 is 0 Å². The molecule has 4 rings (SSSR count). The van der Waals surface area contributed by atoms with Crippen molar-refractivity contribution in [2.45, 2.75) is 6.36 Å². The molecule has 0 bridgehead atoms. The number of methoxy groups -OCH3 is 1. The van der Waals surface area contributed by atoms with Gasteiger partial charge in [0.2, 0.25) is 0 Å². The first kappa shape index (κ1) is 28.4. The molecule has 4 aromatic rings. The highest BCUT2D eigenvalue weighted by Crippen LogP contribution is 2.30. The molecule has 0 spiro atoms. The number of amides is 3. The summed E-state index contributed by atoms with van der Waals surface area (Å²) in [5, 5.41) is 15.7. The summed E-state index contributed by atoms with van der Waals surface area (Å²) in [6.45, 7) is 1.60. The number of carbonyl (C=O) groups is 2. The van der Waals surface area contributed by atoms with Crippen LogP contribution in [-0.4, -0.2) is 62.0 Å². The number of rotatable bonds is 11. The highest BCUT2D eigenvalue weighted by atomic mass is 19.4. The second-order valence-corrected chi connectivity index (χ2v) is 8.45. The number of hydrogen-bond donors (Lipinski definition) is 4. The van der Waals surface area contributed by atoms with Gasteiger partial charge in [-0.1, -0.05) is 18.2 Å². The Morgan fingerprint density at radius 1 is 0.950 bits per heavy atom. The maximum Gasteiger partial charge on any atom is 0.573 e. The smallest absolute Gasteiger partial charge is 0.406 e. The summed E-state index contributed by atoms with van der Waals surface area (Å²) in [6, 6.07) is 14.6. The molecule has 1 aromatic heterocycles. The minimum atomic E-state index is -4.84. The van der Waals surface area contributed by atoms with Crippen LogP contribution in [0.3, 0.4) is 0 Å². The molecule has 0 aliphatic rings. The summed E-state index contributed by atoms with van der Waals surface area (Å²) in [4.78, 5) is 25.1. The number of alkyl halides is 3. The van der Waals surface area contributed by atoms with E-state index in [1.165, 1.54) is 12.1 Å². The monoisotopic (exact) mass is 557 g/mol. The molecule has 0 saturated carbocycles. The molecule has 1 heterocycles. The van der Waals surface area contributed by atoms with E-state index < -0.39 is 18.1 Å². The van der Waals surface area contributed by atoms with Gasteiger partial charge in [0.1, 0.15) is 5.75 Å². The Labute approximate surface area is 226 Å². The largest absolute Gasteiger partial charge is 0.573 e. The molecule has 3 amide bonds. The van der Waals surface area contributed by atoms with Crippen LogP contribution in [0.25, 0.3) is 22.0 Å². The summed E-state index contributed by atoms with van der Waals surface area (Å²) < 4.78 is 51.5. The number of hydrogen-bond acceptors (Lipinski definition) is 6. The van der Waals surface area contributed by atoms with E-state index in [4.69, 9.17) is 9.47 Å². The lowest BCUT2D eigenvalue weighted by Crippen LogP contribution is -2.27. The maximum atomic E-state index is 12.8. The normalized spacial score (nSPS) is 11.3. The molecule has 40 heavy (non-hydrogen) atoms. The predicted octanol–water partition coefficient (Wildman–Crippen LogP) is 5.17. The molecule has 0 aliphatic heterocycles. The van der Waals surface area contributed by atoms with E-state index in [1.807, 2.05) is 0 Å². The number of urea groups is 1. The number of ether oxygens (including phenoxy) is 3. The summed E-state index contributed by atoms with van der Waals surface area (Å²) >= 11 is 0. The van der Waals surface area contributed by atoms with Gasteiger partial charge in [0.25, 0.3) is 5.91 Å². The molecule has 13 heteroatoms. The second kappa shape index (κ2) is 13.0. The molecule has 0 unspecified atom stereocenters. The number of nitrogens with zero attached hydrogens (tertiary/aromatic N) is 1. The fourth-order valence-electron chi connectivity index (χ4n) is 3.80. The van der Waals surface area contributed by atoms with Gasteiger partial charge >= 0.3 is 12.4 Å². The van der Waals surface area contributed by atoms with E-state index in [0.717, 1.165) is 28.6 Å². The topological polar surface area (TPSA) is 127 Å². The lowest BCUT2D eigenvalue weighted by Gasteiger charge is -2.12. The number of anilines is 2. The zero-order chi connectivity index (χ0) is 28.5. The van der Waals surface area contributed by atoms with Gasteiger partial charge in [0.05, 0.1) is 31.5 Å². The molecule has 10 nitrogen and oxygen atoms in total. The third-order valence-electron chi connectivity index (χ3n) is 5.56. The van der Waals surface area contributed by atoms with Gasteiger partial charge in [-0.25, -0.2) is 4.79 Å². The number of halogens is 3. The van der Waals surface area contributed by atoms with E-state index in [1.54, 1.807) is 49.7 Å². The standard InChI is InChI=1S/C27H26F3N5O5/c1-38-11-12-39-10-9-31-25(36)18-13-22(23-16-32-35-24(23)14-18)17-5-7-19(8-6-17)33-26(37)34-20-3-2-4-21(15-20)40-27(28,29)30/h2-8,13-16H,9-12H2,1H3,(H,31,36)(H,32,35)(H2,33,34,37). The first-order chi connectivity index (χ1) is 19.2. The van der Waals surface area contributed by atoms with E-state index in [9.17, 15) is 22.8 Å². The molecule has 210 valence electrons. The molecular formula is C27H26F3N5O5. The van der Waals surface area contributed by atoms with E-state index in [2.05, 4.69) is 30.9 Å². The van der Waals surface area contributed by atoms with Gasteiger partial charge in [0.15, 0.2) is 0 Å². The molecular weight excluding hydrogens is 531 g/mol. The van der Waals surface area contributed by atoms with Gasteiger partial charge < -0.3 is 30.2 Å². The zero-order valence-corrected chi connectivity index (χ0v) is 21.3. The van der Waals surface area contributed by atoms with Crippen LogP contribution < -0.4 is 20.7 Å². The number of aromatic amines is 1. The lowest BCUT2D eigenvalue weighted by atomic mass is 9.98. The van der Waals surface area contributed by atoms with Crippen molar-refractivity contribution in [2.75, 3.05) is 44.1 Å². The number of carbonyl (C=O) groups excluding carboxylic acids is 2. The second-order valence-electron chi connectivity index (χ2n) is 8.45. The van der Waals surface area contributed by atoms with E-state index in [0.29, 0.717) is 43.1 Å². The van der Waals surface area contributed by atoms with Crippen molar-refractivity contribution in [3.05, 3.63) is 72.4 Å². The van der Waals surface area contributed by atoms with Crippen LogP contribution in [0.1, 0.15) is 10.4 Å². The third kappa shape index (κ3) is 7.94. The Balaban J connectivity index is 1.41. The Hall–Kier alpha value is -4.62.